The number of rotatable bonds is 6. The van der Waals surface area contributed by atoms with Gasteiger partial charge in [0.05, 0.1) is 20.3 Å². The molecule has 3 aromatic rings. The zero-order valence-corrected chi connectivity index (χ0v) is 18.6. The Bertz CT molecular complexity index is 1140. The van der Waals surface area contributed by atoms with Gasteiger partial charge in [-0.15, -0.1) is 0 Å². The van der Waals surface area contributed by atoms with Crippen LogP contribution in [-0.2, 0) is 14.3 Å². The third-order valence-electron chi connectivity index (χ3n) is 6.04. The molecule has 1 N–H and O–H groups in total. The number of benzene rings is 2. The number of amides is 1. The van der Waals surface area contributed by atoms with E-state index in [9.17, 15) is 4.79 Å². The zero-order chi connectivity index (χ0) is 22.7. The van der Waals surface area contributed by atoms with Gasteiger partial charge in [-0.2, -0.15) is 0 Å². The normalized spacial score (nSPS) is 17.3. The molecule has 2 saturated heterocycles. The van der Waals surface area contributed by atoms with Crippen LogP contribution in [0.2, 0.25) is 0 Å². The predicted octanol–water partition coefficient (Wildman–Crippen LogP) is 3.60. The van der Waals surface area contributed by atoms with E-state index in [4.69, 9.17) is 23.9 Å². The molecule has 1 spiro atoms. The summed E-state index contributed by atoms with van der Waals surface area (Å²) in [4.78, 5) is 19.5. The van der Waals surface area contributed by atoms with Crippen molar-refractivity contribution in [3.8, 4) is 11.5 Å². The van der Waals surface area contributed by atoms with Crippen LogP contribution in [0.4, 0.5) is 11.5 Å². The minimum absolute atomic E-state index is 0.122. The number of para-hydroxylation sites is 1. The second kappa shape index (κ2) is 9.25. The van der Waals surface area contributed by atoms with Crippen LogP contribution in [0.3, 0.4) is 0 Å². The summed E-state index contributed by atoms with van der Waals surface area (Å²) in [5.74, 6) is 1.46. The summed E-state index contributed by atoms with van der Waals surface area (Å²) < 4.78 is 22.7. The molecular weight excluding hydrogens is 422 g/mol. The van der Waals surface area contributed by atoms with Crippen molar-refractivity contribution in [2.24, 2.45) is 0 Å². The Morgan fingerprint density at radius 3 is 2.67 bits per heavy atom. The Morgan fingerprint density at radius 2 is 1.88 bits per heavy atom. The lowest BCUT2D eigenvalue weighted by atomic mass is 10.0. The molecule has 0 bridgehead atoms. The van der Waals surface area contributed by atoms with Crippen LogP contribution >= 0.6 is 0 Å². The first-order valence-electron chi connectivity index (χ1n) is 11.1. The molecule has 0 aliphatic carbocycles. The van der Waals surface area contributed by atoms with Crippen LogP contribution in [-0.4, -0.2) is 56.7 Å². The highest BCUT2D eigenvalue weighted by molar-refractivity contribution is 5.92. The van der Waals surface area contributed by atoms with Crippen molar-refractivity contribution < 1.29 is 23.7 Å². The number of carbonyl (C=O) groups excluding carboxylic acids is 1. The van der Waals surface area contributed by atoms with Gasteiger partial charge in [0, 0.05) is 43.1 Å². The number of nitrogens with zero attached hydrogens (tertiary/aromatic N) is 2. The van der Waals surface area contributed by atoms with Crippen LogP contribution in [0, 0.1) is 0 Å². The lowest BCUT2D eigenvalue weighted by Gasteiger charge is -2.38. The summed E-state index contributed by atoms with van der Waals surface area (Å²) >= 11 is 0. The number of ether oxygens (including phenoxy) is 4. The highest BCUT2D eigenvalue weighted by Gasteiger charge is 2.40. The minimum Gasteiger partial charge on any atom is -0.497 e. The summed E-state index contributed by atoms with van der Waals surface area (Å²) in [7, 11) is 1.59. The van der Waals surface area contributed by atoms with Crippen LogP contribution in [0.25, 0.3) is 10.9 Å². The second-order valence-electron chi connectivity index (χ2n) is 8.16. The number of pyridine rings is 1. The Kier molecular flexibility index (Phi) is 6.02. The number of nitrogens with one attached hydrogen (secondary N) is 1. The summed E-state index contributed by atoms with van der Waals surface area (Å²) in [5, 5.41) is 3.78. The van der Waals surface area contributed by atoms with Gasteiger partial charge in [-0.3, -0.25) is 4.79 Å². The van der Waals surface area contributed by atoms with Crippen molar-refractivity contribution in [3.63, 3.8) is 0 Å². The van der Waals surface area contributed by atoms with Gasteiger partial charge < -0.3 is 29.2 Å². The fraction of sp³-hybridized carbons (Fsp3) is 0.360. The van der Waals surface area contributed by atoms with E-state index in [2.05, 4.69) is 10.2 Å². The molecule has 0 saturated carbocycles. The molecule has 1 amide bonds. The third-order valence-corrected chi connectivity index (χ3v) is 6.04. The van der Waals surface area contributed by atoms with Crippen molar-refractivity contribution in [1.29, 1.82) is 0 Å². The fourth-order valence-corrected chi connectivity index (χ4v) is 4.31. The lowest BCUT2D eigenvalue weighted by Crippen LogP contribution is -2.45. The molecule has 8 nitrogen and oxygen atoms in total. The SMILES string of the molecule is COc1cccc(NC(=O)COc2cccc3ccc(N4CCC5(CC4)OCCO5)nc23)c1. The highest BCUT2D eigenvalue weighted by Crippen LogP contribution is 2.34. The molecule has 0 atom stereocenters. The lowest BCUT2D eigenvalue weighted by molar-refractivity contribution is -0.169. The molecule has 0 unspecified atom stereocenters. The maximum absolute atomic E-state index is 12.4. The number of piperidine rings is 1. The molecule has 1 aromatic heterocycles. The van der Waals surface area contributed by atoms with Gasteiger partial charge in [0.1, 0.15) is 22.8 Å². The first kappa shape index (κ1) is 21.5. The van der Waals surface area contributed by atoms with E-state index in [0.717, 1.165) is 42.7 Å². The number of hydrogen-bond acceptors (Lipinski definition) is 7. The molecule has 172 valence electrons. The molecule has 5 rings (SSSR count). The standard InChI is InChI=1S/C25H27N3O5/c1-30-20-6-3-5-19(16-20)26-23(29)17-31-21-7-2-4-18-8-9-22(27-24(18)21)28-12-10-25(11-13-28)32-14-15-33-25/h2-9,16H,10-15,17H2,1H3,(H,26,29). The molecular formula is C25H27N3O5. The smallest absolute Gasteiger partial charge is 0.262 e. The number of methoxy groups -OCH3 is 1. The number of fused-ring (bicyclic) bond motifs is 1. The van der Waals surface area contributed by atoms with Crippen molar-refractivity contribution in [3.05, 3.63) is 54.6 Å². The van der Waals surface area contributed by atoms with E-state index in [0.29, 0.717) is 30.4 Å². The van der Waals surface area contributed by atoms with E-state index < -0.39 is 5.79 Å². The van der Waals surface area contributed by atoms with Gasteiger partial charge in [0.15, 0.2) is 12.4 Å². The zero-order valence-electron chi connectivity index (χ0n) is 18.6. The Labute approximate surface area is 192 Å². The third kappa shape index (κ3) is 4.72. The monoisotopic (exact) mass is 449 g/mol. The Balaban J connectivity index is 1.27. The van der Waals surface area contributed by atoms with Gasteiger partial charge >= 0.3 is 0 Å². The van der Waals surface area contributed by atoms with Crippen molar-refractivity contribution in [2.45, 2.75) is 18.6 Å². The van der Waals surface area contributed by atoms with E-state index >= 15 is 0 Å². The number of carbonyl (C=O) groups is 1. The maximum atomic E-state index is 12.4. The summed E-state index contributed by atoms with van der Waals surface area (Å²) in [5.41, 5.74) is 1.39. The van der Waals surface area contributed by atoms with E-state index in [1.807, 2.05) is 42.5 Å². The van der Waals surface area contributed by atoms with Gasteiger partial charge in [-0.05, 0) is 30.3 Å². The molecule has 2 aliphatic rings. The van der Waals surface area contributed by atoms with Gasteiger partial charge in [0.2, 0.25) is 0 Å². The molecule has 33 heavy (non-hydrogen) atoms. The average Bonchev–Trinajstić information content (AvgIpc) is 3.30. The van der Waals surface area contributed by atoms with Crippen molar-refractivity contribution >= 4 is 28.3 Å². The molecule has 2 fully saturated rings. The molecule has 3 heterocycles. The summed E-state index contributed by atoms with van der Waals surface area (Å²) in [6, 6.07) is 17.0. The highest BCUT2D eigenvalue weighted by atomic mass is 16.7. The average molecular weight is 450 g/mol. The van der Waals surface area contributed by atoms with Gasteiger partial charge in [0.25, 0.3) is 5.91 Å². The predicted molar refractivity (Wildman–Crippen MR) is 125 cm³/mol. The topological polar surface area (TPSA) is 82.2 Å². The summed E-state index contributed by atoms with van der Waals surface area (Å²) in [6.07, 6.45) is 1.63. The fourth-order valence-electron chi connectivity index (χ4n) is 4.31. The first-order chi connectivity index (χ1) is 16.1. The summed E-state index contributed by atoms with van der Waals surface area (Å²) in [6.45, 7) is 2.83. The van der Waals surface area contributed by atoms with Crippen LogP contribution in [0.15, 0.2) is 54.6 Å². The van der Waals surface area contributed by atoms with Gasteiger partial charge in [-0.1, -0.05) is 18.2 Å². The van der Waals surface area contributed by atoms with E-state index in [1.54, 1.807) is 19.2 Å². The first-order valence-corrected chi connectivity index (χ1v) is 11.1. The van der Waals surface area contributed by atoms with Crippen LogP contribution in [0.5, 0.6) is 11.5 Å². The molecule has 2 aromatic carbocycles. The van der Waals surface area contributed by atoms with Gasteiger partial charge in [-0.25, -0.2) is 4.98 Å². The molecule has 8 heteroatoms. The van der Waals surface area contributed by atoms with E-state index in [-0.39, 0.29) is 12.5 Å². The number of aromatic nitrogens is 1. The van der Waals surface area contributed by atoms with Crippen LogP contribution in [0.1, 0.15) is 12.8 Å². The molecule has 0 radical (unpaired) electrons. The molecule has 2 aliphatic heterocycles. The van der Waals surface area contributed by atoms with Crippen molar-refractivity contribution in [2.75, 3.05) is 50.2 Å². The van der Waals surface area contributed by atoms with E-state index in [1.165, 1.54) is 0 Å². The van der Waals surface area contributed by atoms with Crippen molar-refractivity contribution in [1.82, 2.24) is 4.98 Å². The maximum Gasteiger partial charge on any atom is 0.262 e. The Hall–Kier alpha value is -3.36. The number of hydrogen-bond donors (Lipinski definition) is 1. The minimum atomic E-state index is -0.419. The quantitative estimate of drug-likeness (QED) is 0.616. The van der Waals surface area contributed by atoms with Crippen LogP contribution < -0.4 is 19.7 Å². The Morgan fingerprint density at radius 1 is 1.09 bits per heavy atom. The second-order valence-corrected chi connectivity index (χ2v) is 8.16. The number of anilines is 2. The largest absolute Gasteiger partial charge is 0.497 e.